The second-order valence-electron chi connectivity index (χ2n) is 2.54. The number of halogens is 2. The minimum Gasteiger partial charge on any atom is -0.464 e. The van der Waals surface area contributed by atoms with Crippen molar-refractivity contribution < 1.29 is 8.81 Å². The lowest BCUT2D eigenvalue weighted by Gasteiger charge is -1.91. The molecule has 0 saturated carbocycles. The van der Waals surface area contributed by atoms with E-state index < -0.39 is 6.67 Å². The van der Waals surface area contributed by atoms with Crippen molar-refractivity contribution in [3.63, 3.8) is 0 Å². The maximum absolute atomic E-state index is 12.3. The van der Waals surface area contributed by atoms with E-state index in [0.29, 0.717) is 5.56 Å². The van der Waals surface area contributed by atoms with Gasteiger partial charge >= 0.3 is 0 Å². The third-order valence-corrected chi connectivity index (χ3v) is 2.25. The molecule has 62 valence electrons. The summed E-state index contributed by atoms with van der Waals surface area (Å²) in [6.45, 7) is -0.483. The van der Waals surface area contributed by atoms with E-state index in [1.54, 1.807) is 0 Å². The Bertz CT molecular complexity index is 408. The number of hydrogen-bond donors (Lipinski definition) is 0. The summed E-state index contributed by atoms with van der Waals surface area (Å²) in [6.07, 6.45) is 1.46. The predicted molar refractivity (Wildman–Crippen MR) is 48.7 cm³/mol. The van der Waals surface area contributed by atoms with Crippen LogP contribution in [0.4, 0.5) is 4.39 Å². The van der Waals surface area contributed by atoms with E-state index >= 15 is 0 Å². The van der Waals surface area contributed by atoms with E-state index in [1.165, 1.54) is 6.26 Å². The Balaban J connectivity index is 2.75. The molecule has 1 nitrogen and oxygen atoms in total. The maximum atomic E-state index is 12.3. The molecule has 0 amide bonds. The first-order valence-electron chi connectivity index (χ1n) is 3.53. The van der Waals surface area contributed by atoms with E-state index in [9.17, 15) is 4.39 Å². The Kier molecular flexibility index (Phi) is 1.89. The van der Waals surface area contributed by atoms with Gasteiger partial charge in [0.25, 0.3) is 0 Å². The zero-order valence-corrected chi connectivity index (χ0v) is 7.77. The zero-order chi connectivity index (χ0) is 8.55. The Labute approximate surface area is 77.3 Å². The van der Waals surface area contributed by atoms with Crippen LogP contribution in [0.2, 0.25) is 0 Å². The van der Waals surface area contributed by atoms with Gasteiger partial charge in [0.15, 0.2) is 0 Å². The summed E-state index contributed by atoms with van der Waals surface area (Å²) < 4.78 is 18.4. The van der Waals surface area contributed by atoms with Gasteiger partial charge in [-0.25, -0.2) is 4.39 Å². The summed E-state index contributed by atoms with van der Waals surface area (Å²) in [4.78, 5) is 0. The van der Waals surface area contributed by atoms with Crippen LogP contribution in [0.5, 0.6) is 0 Å². The Morgan fingerprint density at radius 2 is 2.25 bits per heavy atom. The molecule has 12 heavy (non-hydrogen) atoms. The largest absolute Gasteiger partial charge is 0.464 e. The summed E-state index contributed by atoms with van der Waals surface area (Å²) in [5.41, 5.74) is 1.33. The van der Waals surface area contributed by atoms with Crippen molar-refractivity contribution in [2.75, 3.05) is 0 Å². The highest BCUT2D eigenvalue weighted by Gasteiger charge is 2.04. The molecule has 1 aromatic heterocycles. The maximum Gasteiger partial charge on any atom is 0.134 e. The van der Waals surface area contributed by atoms with Crippen LogP contribution in [-0.2, 0) is 6.67 Å². The second-order valence-corrected chi connectivity index (χ2v) is 3.45. The number of fused-ring (bicyclic) bond motifs is 1. The second kappa shape index (κ2) is 2.90. The van der Waals surface area contributed by atoms with Crippen LogP contribution in [0.1, 0.15) is 5.56 Å². The fraction of sp³-hybridized carbons (Fsp3) is 0.111. The molecule has 0 spiro atoms. The molecule has 1 aromatic carbocycles. The molecular weight excluding hydrogens is 223 g/mol. The Morgan fingerprint density at radius 3 is 3.00 bits per heavy atom. The first-order chi connectivity index (χ1) is 5.81. The molecule has 1 heterocycles. The summed E-state index contributed by atoms with van der Waals surface area (Å²) in [6, 6.07) is 5.54. The van der Waals surface area contributed by atoms with Crippen molar-refractivity contribution in [3.05, 3.63) is 34.5 Å². The van der Waals surface area contributed by atoms with Crippen LogP contribution in [0.25, 0.3) is 11.0 Å². The molecule has 0 unspecified atom stereocenters. The van der Waals surface area contributed by atoms with Crippen LogP contribution < -0.4 is 0 Å². The highest BCUT2D eigenvalue weighted by atomic mass is 79.9. The average molecular weight is 229 g/mol. The van der Waals surface area contributed by atoms with Crippen LogP contribution in [0.15, 0.2) is 33.4 Å². The lowest BCUT2D eigenvalue weighted by atomic mass is 10.2. The SMILES string of the molecule is FCc1coc2ccc(Br)cc12. The lowest BCUT2D eigenvalue weighted by molar-refractivity contribution is 0.480. The molecule has 0 atom stereocenters. The van der Waals surface area contributed by atoms with Crippen LogP contribution in [-0.4, -0.2) is 0 Å². The van der Waals surface area contributed by atoms with Gasteiger partial charge in [-0.2, -0.15) is 0 Å². The highest BCUT2D eigenvalue weighted by Crippen LogP contribution is 2.25. The summed E-state index contributed by atoms with van der Waals surface area (Å²) >= 11 is 3.32. The van der Waals surface area contributed by atoms with Gasteiger partial charge in [0, 0.05) is 15.4 Å². The third-order valence-electron chi connectivity index (χ3n) is 1.76. The molecule has 3 heteroatoms. The normalized spacial score (nSPS) is 10.8. The molecule has 0 radical (unpaired) electrons. The van der Waals surface area contributed by atoms with Crippen molar-refractivity contribution in [2.24, 2.45) is 0 Å². The van der Waals surface area contributed by atoms with Gasteiger partial charge in [-0.3, -0.25) is 0 Å². The van der Waals surface area contributed by atoms with E-state index in [4.69, 9.17) is 4.42 Å². The van der Waals surface area contributed by atoms with Crippen LogP contribution >= 0.6 is 15.9 Å². The van der Waals surface area contributed by atoms with E-state index in [-0.39, 0.29) is 0 Å². The monoisotopic (exact) mass is 228 g/mol. The van der Waals surface area contributed by atoms with Gasteiger partial charge in [0.05, 0.1) is 6.26 Å². The number of hydrogen-bond acceptors (Lipinski definition) is 1. The molecule has 2 rings (SSSR count). The molecular formula is C9H6BrFO. The number of rotatable bonds is 1. The van der Waals surface area contributed by atoms with Crippen molar-refractivity contribution in [3.8, 4) is 0 Å². The molecule has 0 N–H and O–H groups in total. The van der Waals surface area contributed by atoms with Gasteiger partial charge in [-0.1, -0.05) is 15.9 Å². The first kappa shape index (κ1) is 7.80. The number of alkyl halides is 1. The molecule has 0 fully saturated rings. The molecule has 2 aromatic rings. The summed E-state index contributed by atoms with van der Waals surface area (Å²) in [7, 11) is 0. The van der Waals surface area contributed by atoms with Crippen LogP contribution in [0.3, 0.4) is 0 Å². The number of furan rings is 1. The fourth-order valence-corrected chi connectivity index (χ4v) is 1.52. The molecule has 0 bridgehead atoms. The molecule has 0 saturated heterocycles. The highest BCUT2D eigenvalue weighted by molar-refractivity contribution is 9.10. The lowest BCUT2D eigenvalue weighted by Crippen LogP contribution is -1.73. The summed E-state index contributed by atoms with van der Waals surface area (Å²) in [5, 5.41) is 0.840. The van der Waals surface area contributed by atoms with Gasteiger partial charge in [-0.05, 0) is 18.2 Å². The van der Waals surface area contributed by atoms with Gasteiger partial charge < -0.3 is 4.42 Å². The Morgan fingerprint density at radius 1 is 1.42 bits per heavy atom. The average Bonchev–Trinajstić information content (AvgIpc) is 2.46. The van der Waals surface area contributed by atoms with Gasteiger partial charge in [-0.15, -0.1) is 0 Å². The number of benzene rings is 1. The van der Waals surface area contributed by atoms with Crippen molar-refractivity contribution >= 4 is 26.9 Å². The van der Waals surface area contributed by atoms with Crippen molar-refractivity contribution in [1.82, 2.24) is 0 Å². The van der Waals surface area contributed by atoms with Crippen molar-refractivity contribution in [2.45, 2.75) is 6.67 Å². The van der Waals surface area contributed by atoms with E-state index in [0.717, 1.165) is 15.4 Å². The predicted octanol–water partition coefficient (Wildman–Crippen LogP) is 3.66. The smallest absolute Gasteiger partial charge is 0.134 e. The van der Waals surface area contributed by atoms with Crippen LogP contribution in [0, 0.1) is 0 Å². The molecule has 0 aliphatic carbocycles. The zero-order valence-electron chi connectivity index (χ0n) is 6.18. The van der Waals surface area contributed by atoms with Gasteiger partial charge in [0.1, 0.15) is 12.3 Å². The van der Waals surface area contributed by atoms with Gasteiger partial charge in [0.2, 0.25) is 0 Å². The minimum atomic E-state index is -0.483. The topological polar surface area (TPSA) is 13.1 Å². The quantitative estimate of drug-likeness (QED) is 0.727. The fourth-order valence-electron chi connectivity index (χ4n) is 1.16. The van der Waals surface area contributed by atoms with E-state index in [2.05, 4.69) is 15.9 Å². The van der Waals surface area contributed by atoms with Crippen molar-refractivity contribution in [1.29, 1.82) is 0 Å². The molecule has 0 aliphatic rings. The Hall–Kier alpha value is -0.830. The first-order valence-corrected chi connectivity index (χ1v) is 4.32. The summed E-state index contributed by atoms with van der Waals surface area (Å²) in [5.74, 6) is 0. The molecule has 0 aliphatic heterocycles. The third kappa shape index (κ3) is 1.14. The standard InChI is InChI=1S/C9H6BrFO/c10-7-1-2-9-8(3-7)6(4-11)5-12-9/h1-3,5H,4H2. The minimum absolute atomic E-state index is 0.483. The van der Waals surface area contributed by atoms with E-state index in [1.807, 2.05) is 18.2 Å².